The number of fused-ring (bicyclic) bond motifs is 2. The molecule has 0 saturated heterocycles. The zero-order valence-corrected chi connectivity index (χ0v) is 15.3. The summed E-state index contributed by atoms with van der Waals surface area (Å²) in [5.41, 5.74) is 1.86. The van der Waals surface area contributed by atoms with Gasteiger partial charge in [0.15, 0.2) is 18.0 Å². The molecule has 7 heteroatoms. The van der Waals surface area contributed by atoms with Crippen LogP contribution in [0, 0.1) is 0 Å². The first-order valence-corrected chi connectivity index (χ1v) is 8.83. The van der Waals surface area contributed by atoms with Crippen LogP contribution in [0.25, 0.3) is 11.1 Å². The minimum atomic E-state index is -0.776. The fourth-order valence-electron chi connectivity index (χ4n) is 3.39. The van der Waals surface area contributed by atoms with E-state index < -0.39 is 11.8 Å². The lowest BCUT2D eigenvalue weighted by Gasteiger charge is -2.29. The van der Waals surface area contributed by atoms with Gasteiger partial charge in [-0.3, -0.25) is 14.2 Å². The van der Waals surface area contributed by atoms with E-state index in [0.717, 1.165) is 0 Å². The van der Waals surface area contributed by atoms with Crippen LogP contribution in [-0.4, -0.2) is 29.4 Å². The minimum absolute atomic E-state index is 0.0546. The molecule has 7 nitrogen and oxygen atoms in total. The molecule has 1 aliphatic heterocycles. The quantitative estimate of drug-likeness (QED) is 0.504. The van der Waals surface area contributed by atoms with Gasteiger partial charge in [0, 0.05) is 12.1 Å². The van der Waals surface area contributed by atoms with Gasteiger partial charge in [-0.05, 0) is 37.3 Å². The first-order valence-electron chi connectivity index (χ1n) is 8.83. The molecule has 0 bridgehead atoms. The van der Waals surface area contributed by atoms with Gasteiger partial charge in [-0.25, -0.2) is 4.79 Å². The zero-order valence-electron chi connectivity index (χ0n) is 15.3. The number of benzene rings is 2. The Bertz CT molecular complexity index is 1160. The molecule has 1 unspecified atom stereocenters. The lowest BCUT2D eigenvalue weighted by atomic mass is 10.0. The summed E-state index contributed by atoms with van der Waals surface area (Å²) in [5, 5.41) is 0. The molecule has 1 aliphatic rings. The molecule has 1 amide bonds. The number of aromatic nitrogens is 1. The van der Waals surface area contributed by atoms with E-state index >= 15 is 0 Å². The topological polar surface area (TPSA) is 81.8 Å². The SMILES string of the molecule is C=CCN1C(=O)COc2ccc(C(=O)C(C)n3c(=O)oc4ccccc43)cc21. The Morgan fingerprint density at radius 2 is 2.04 bits per heavy atom. The molecule has 0 radical (unpaired) electrons. The van der Waals surface area contributed by atoms with Crippen molar-refractivity contribution in [1.29, 1.82) is 0 Å². The van der Waals surface area contributed by atoms with E-state index in [4.69, 9.17) is 9.15 Å². The second kappa shape index (κ2) is 6.84. The van der Waals surface area contributed by atoms with Gasteiger partial charge in [0.2, 0.25) is 0 Å². The standard InChI is InChI=1S/C21H18N2O5/c1-3-10-22-16-11-14(8-9-17(16)27-12-19(22)24)20(25)13(2)23-15-6-4-5-7-18(15)28-21(23)26/h3-9,11,13H,1,10,12H2,2H3. The van der Waals surface area contributed by atoms with Crippen molar-refractivity contribution in [2.75, 3.05) is 18.1 Å². The maximum absolute atomic E-state index is 13.1. The van der Waals surface area contributed by atoms with Gasteiger partial charge in [-0.15, -0.1) is 6.58 Å². The second-order valence-corrected chi connectivity index (χ2v) is 6.51. The average Bonchev–Trinajstić information content (AvgIpc) is 3.04. The summed E-state index contributed by atoms with van der Waals surface area (Å²) in [7, 11) is 0. The molecular formula is C21H18N2O5. The highest BCUT2D eigenvalue weighted by Crippen LogP contribution is 2.34. The van der Waals surface area contributed by atoms with Crippen molar-refractivity contribution in [2.24, 2.45) is 0 Å². The first kappa shape index (κ1) is 17.8. The van der Waals surface area contributed by atoms with Gasteiger partial charge in [0.05, 0.1) is 11.2 Å². The van der Waals surface area contributed by atoms with Crippen LogP contribution in [0.2, 0.25) is 0 Å². The van der Waals surface area contributed by atoms with Crippen LogP contribution in [0.4, 0.5) is 5.69 Å². The Balaban J connectivity index is 1.74. The lowest BCUT2D eigenvalue weighted by Crippen LogP contribution is -2.39. The number of oxazole rings is 1. The zero-order chi connectivity index (χ0) is 19.8. The molecule has 0 spiro atoms. The van der Waals surface area contributed by atoms with Crippen molar-refractivity contribution in [3.63, 3.8) is 0 Å². The normalized spacial score (nSPS) is 14.5. The number of anilines is 1. The van der Waals surface area contributed by atoms with Crippen molar-refractivity contribution in [1.82, 2.24) is 4.57 Å². The van der Waals surface area contributed by atoms with Gasteiger partial charge in [-0.2, -0.15) is 0 Å². The summed E-state index contributed by atoms with van der Waals surface area (Å²) in [6.45, 7) is 5.58. The molecule has 0 saturated carbocycles. The molecule has 1 aromatic heterocycles. The van der Waals surface area contributed by atoms with Crippen LogP contribution in [-0.2, 0) is 4.79 Å². The van der Waals surface area contributed by atoms with Gasteiger partial charge >= 0.3 is 5.76 Å². The summed E-state index contributed by atoms with van der Waals surface area (Å²) in [4.78, 5) is 39.1. The molecule has 4 rings (SSSR count). The van der Waals surface area contributed by atoms with E-state index in [1.165, 1.54) is 9.47 Å². The van der Waals surface area contributed by atoms with Crippen molar-refractivity contribution >= 4 is 28.5 Å². The van der Waals surface area contributed by atoms with Gasteiger partial charge in [0.1, 0.15) is 11.8 Å². The molecular weight excluding hydrogens is 360 g/mol. The summed E-state index contributed by atoms with van der Waals surface area (Å²) in [6, 6.07) is 11.1. The van der Waals surface area contributed by atoms with Crippen LogP contribution in [0.5, 0.6) is 5.75 Å². The summed E-state index contributed by atoms with van der Waals surface area (Å²) < 4.78 is 12.0. The molecule has 28 heavy (non-hydrogen) atoms. The Kier molecular flexibility index (Phi) is 4.35. The monoisotopic (exact) mass is 378 g/mol. The number of Topliss-reactive ketones (excluding diaryl/α,β-unsaturated/α-hetero) is 1. The van der Waals surface area contributed by atoms with E-state index in [-0.39, 0.29) is 18.3 Å². The van der Waals surface area contributed by atoms with Crippen LogP contribution >= 0.6 is 0 Å². The van der Waals surface area contributed by atoms with Gasteiger partial charge in [0.25, 0.3) is 5.91 Å². The maximum Gasteiger partial charge on any atom is 0.420 e. The van der Waals surface area contributed by atoms with E-state index in [1.807, 2.05) is 0 Å². The highest BCUT2D eigenvalue weighted by molar-refractivity contribution is 6.03. The van der Waals surface area contributed by atoms with Gasteiger partial charge in [-0.1, -0.05) is 18.2 Å². The Labute approximate surface area is 160 Å². The number of carbonyl (C=O) groups excluding carboxylic acids is 2. The van der Waals surface area contributed by atoms with Crippen molar-refractivity contribution in [3.05, 3.63) is 71.2 Å². The first-order chi connectivity index (χ1) is 13.5. The molecule has 0 fully saturated rings. The number of hydrogen-bond acceptors (Lipinski definition) is 5. The average molecular weight is 378 g/mol. The van der Waals surface area contributed by atoms with E-state index in [2.05, 4.69) is 6.58 Å². The summed E-state index contributed by atoms with van der Waals surface area (Å²) >= 11 is 0. The highest BCUT2D eigenvalue weighted by atomic mass is 16.5. The number of ketones is 1. The molecule has 0 N–H and O–H groups in total. The second-order valence-electron chi connectivity index (χ2n) is 6.51. The summed E-state index contributed by atoms with van der Waals surface area (Å²) in [6.07, 6.45) is 1.61. The Morgan fingerprint density at radius 3 is 2.82 bits per heavy atom. The third-order valence-corrected chi connectivity index (χ3v) is 4.78. The molecule has 1 atom stereocenters. The number of hydrogen-bond donors (Lipinski definition) is 0. The Hall–Kier alpha value is -3.61. The largest absolute Gasteiger partial charge is 0.482 e. The molecule has 2 heterocycles. The third kappa shape index (κ3) is 2.81. The fraction of sp³-hybridized carbons (Fsp3) is 0.190. The number of para-hydroxylation sites is 2. The summed E-state index contributed by atoms with van der Waals surface area (Å²) in [5.74, 6) is -0.543. The molecule has 2 aromatic carbocycles. The van der Waals surface area contributed by atoms with Gasteiger partial charge < -0.3 is 14.1 Å². The number of ether oxygens (including phenoxy) is 1. The third-order valence-electron chi connectivity index (χ3n) is 4.78. The van der Waals surface area contributed by atoms with Crippen LogP contribution < -0.4 is 15.4 Å². The number of nitrogens with zero attached hydrogens (tertiary/aromatic N) is 2. The predicted octanol–water partition coefficient (Wildman–Crippen LogP) is 2.95. The lowest BCUT2D eigenvalue weighted by molar-refractivity contribution is -0.121. The fourth-order valence-corrected chi connectivity index (χ4v) is 3.39. The van der Waals surface area contributed by atoms with Crippen LogP contribution in [0.3, 0.4) is 0 Å². The van der Waals surface area contributed by atoms with E-state index in [0.29, 0.717) is 34.6 Å². The highest BCUT2D eigenvalue weighted by Gasteiger charge is 2.28. The smallest absolute Gasteiger partial charge is 0.420 e. The number of rotatable bonds is 5. The number of carbonyl (C=O) groups is 2. The van der Waals surface area contributed by atoms with E-state index in [1.54, 1.807) is 55.5 Å². The molecule has 3 aromatic rings. The minimum Gasteiger partial charge on any atom is -0.482 e. The van der Waals surface area contributed by atoms with Crippen molar-refractivity contribution < 1.29 is 18.7 Å². The molecule has 142 valence electrons. The maximum atomic E-state index is 13.1. The molecule has 0 aliphatic carbocycles. The van der Waals surface area contributed by atoms with Crippen LogP contribution in [0.1, 0.15) is 23.3 Å². The van der Waals surface area contributed by atoms with E-state index in [9.17, 15) is 14.4 Å². The van der Waals surface area contributed by atoms with Crippen molar-refractivity contribution in [3.8, 4) is 5.75 Å². The number of amides is 1. The van der Waals surface area contributed by atoms with Crippen LogP contribution in [0.15, 0.2) is 64.3 Å². The Morgan fingerprint density at radius 1 is 1.25 bits per heavy atom. The predicted molar refractivity (Wildman–Crippen MR) is 104 cm³/mol. The van der Waals surface area contributed by atoms with Crippen molar-refractivity contribution in [2.45, 2.75) is 13.0 Å².